The molecule has 0 aliphatic carbocycles. The number of carbonyl (C=O) groups is 2. The number of furan rings is 1. The van der Waals surface area contributed by atoms with Gasteiger partial charge in [0.15, 0.2) is 16.7 Å². The third kappa shape index (κ3) is 5.71. The monoisotopic (exact) mass is 413 g/mol. The number of amides is 2. The van der Waals surface area contributed by atoms with Crippen molar-refractivity contribution >= 4 is 35.0 Å². The number of hydrogen-bond acceptors (Lipinski definition) is 6. The lowest BCUT2D eigenvalue weighted by Crippen LogP contribution is -2.15. The highest BCUT2D eigenvalue weighted by Gasteiger charge is 2.18. The molecule has 0 saturated heterocycles. The average molecular weight is 414 g/mol. The molecule has 3 rings (SSSR count). The Morgan fingerprint density at radius 1 is 1.10 bits per heavy atom. The lowest BCUT2D eigenvalue weighted by Gasteiger charge is -2.11. The van der Waals surface area contributed by atoms with Gasteiger partial charge in [-0.25, -0.2) is 0 Å². The van der Waals surface area contributed by atoms with Crippen LogP contribution >= 0.6 is 11.8 Å². The zero-order valence-electron chi connectivity index (χ0n) is 16.5. The van der Waals surface area contributed by atoms with Gasteiger partial charge in [0.25, 0.3) is 0 Å². The lowest BCUT2D eigenvalue weighted by atomic mass is 10.2. The van der Waals surface area contributed by atoms with Crippen molar-refractivity contribution in [3.63, 3.8) is 0 Å². The van der Waals surface area contributed by atoms with Crippen molar-refractivity contribution in [3.05, 3.63) is 42.7 Å². The molecule has 0 bridgehead atoms. The Labute approximate surface area is 173 Å². The normalized spacial score (nSPS) is 10.9. The molecule has 0 unspecified atom stereocenters. The van der Waals surface area contributed by atoms with Gasteiger partial charge in [0.1, 0.15) is 0 Å². The molecule has 0 atom stereocenters. The van der Waals surface area contributed by atoms with Crippen LogP contribution in [0.2, 0.25) is 0 Å². The second-order valence-electron chi connectivity index (χ2n) is 6.88. The van der Waals surface area contributed by atoms with Gasteiger partial charge in [0, 0.05) is 24.8 Å². The maximum atomic E-state index is 12.3. The molecule has 2 amide bonds. The highest BCUT2D eigenvalue weighted by molar-refractivity contribution is 7.99. The number of nitrogens with zero attached hydrogens (tertiary/aromatic N) is 3. The van der Waals surface area contributed by atoms with Gasteiger partial charge < -0.3 is 15.1 Å². The van der Waals surface area contributed by atoms with E-state index in [1.807, 2.05) is 10.6 Å². The van der Waals surface area contributed by atoms with Gasteiger partial charge in [-0.1, -0.05) is 25.6 Å². The number of benzene rings is 1. The molecule has 9 heteroatoms. The van der Waals surface area contributed by atoms with Gasteiger partial charge in [0.2, 0.25) is 11.8 Å². The number of nitrogens with one attached hydrogen (secondary N) is 2. The van der Waals surface area contributed by atoms with Gasteiger partial charge >= 0.3 is 0 Å². The minimum atomic E-state index is -0.152. The quantitative estimate of drug-likeness (QED) is 0.543. The number of hydrogen-bond donors (Lipinski definition) is 2. The van der Waals surface area contributed by atoms with Crippen LogP contribution in [0.15, 0.2) is 52.2 Å². The average Bonchev–Trinajstić information content (AvgIpc) is 3.31. The Balaban J connectivity index is 1.63. The van der Waals surface area contributed by atoms with E-state index in [1.165, 1.54) is 18.7 Å². The lowest BCUT2D eigenvalue weighted by molar-refractivity contribution is -0.114. The zero-order chi connectivity index (χ0) is 20.8. The highest BCUT2D eigenvalue weighted by Crippen LogP contribution is 2.25. The maximum Gasteiger partial charge on any atom is 0.234 e. The highest BCUT2D eigenvalue weighted by atomic mass is 32.2. The molecule has 152 valence electrons. The summed E-state index contributed by atoms with van der Waals surface area (Å²) in [6.07, 6.45) is 1.60. The van der Waals surface area contributed by atoms with Crippen LogP contribution in [-0.4, -0.2) is 32.3 Å². The van der Waals surface area contributed by atoms with Crippen LogP contribution in [0.1, 0.15) is 20.8 Å². The fourth-order valence-electron chi connectivity index (χ4n) is 2.68. The van der Waals surface area contributed by atoms with Crippen LogP contribution in [0, 0.1) is 5.92 Å². The van der Waals surface area contributed by atoms with Crippen LogP contribution in [0.3, 0.4) is 0 Å². The smallest absolute Gasteiger partial charge is 0.234 e. The first-order valence-electron chi connectivity index (χ1n) is 9.19. The third-order valence-corrected chi connectivity index (χ3v) is 4.79. The Morgan fingerprint density at radius 2 is 1.79 bits per heavy atom. The number of carbonyl (C=O) groups excluding carboxylic acids is 2. The van der Waals surface area contributed by atoms with E-state index in [0.717, 1.165) is 6.54 Å². The Bertz CT molecular complexity index is 965. The number of rotatable bonds is 8. The molecular weight excluding hydrogens is 390 g/mol. The number of thioether (sulfide) groups is 1. The summed E-state index contributed by atoms with van der Waals surface area (Å²) in [5.41, 5.74) is 1.33. The Morgan fingerprint density at radius 3 is 2.38 bits per heavy atom. The molecule has 0 aliphatic heterocycles. The predicted molar refractivity (Wildman–Crippen MR) is 113 cm³/mol. The molecule has 0 radical (unpaired) electrons. The summed E-state index contributed by atoms with van der Waals surface area (Å²) in [4.78, 5) is 23.4. The molecular formula is C20H23N5O3S. The number of aromatic nitrogens is 3. The minimum Gasteiger partial charge on any atom is -0.461 e. The van der Waals surface area contributed by atoms with Crippen molar-refractivity contribution in [2.45, 2.75) is 32.5 Å². The predicted octanol–water partition coefficient (Wildman–Crippen LogP) is 3.88. The largest absolute Gasteiger partial charge is 0.461 e. The van der Waals surface area contributed by atoms with Gasteiger partial charge in [-0.15, -0.1) is 10.2 Å². The maximum absolute atomic E-state index is 12.3. The van der Waals surface area contributed by atoms with E-state index in [2.05, 4.69) is 34.7 Å². The third-order valence-electron chi connectivity index (χ3n) is 3.83. The second-order valence-corrected chi connectivity index (χ2v) is 7.83. The minimum absolute atomic E-state index is 0.141. The van der Waals surface area contributed by atoms with E-state index >= 15 is 0 Å². The van der Waals surface area contributed by atoms with Crippen LogP contribution < -0.4 is 10.6 Å². The summed E-state index contributed by atoms with van der Waals surface area (Å²) >= 11 is 1.32. The molecule has 2 aromatic heterocycles. The van der Waals surface area contributed by atoms with Crippen molar-refractivity contribution in [3.8, 4) is 11.6 Å². The SMILES string of the molecule is CC(=O)Nc1ccc(NC(=O)CSc2nnc(-c3ccco3)n2CC(C)C)cc1. The van der Waals surface area contributed by atoms with Crippen LogP contribution in [0.5, 0.6) is 0 Å². The van der Waals surface area contributed by atoms with Crippen molar-refractivity contribution in [2.75, 3.05) is 16.4 Å². The van der Waals surface area contributed by atoms with E-state index in [0.29, 0.717) is 34.0 Å². The van der Waals surface area contributed by atoms with Crippen LogP contribution in [0.4, 0.5) is 11.4 Å². The molecule has 0 aliphatic rings. The van der Waals surface area contributed by atoms with Crippen molar-refractivity contribution in [1.29, 1.82) is 0 Å². The summed E-state index contributed by atoms with van der Waals surface area (Å²) in [7, 11) is 0. The van der Waals surface area contributed by atoms with Gasteiger partial charge in [-0.3, -0.25) is 14.2 Å². The Hall–Kier alpha value is -3.07. The first kappa shape index (κ1) is 20.7. The molecule has 8 nitrogen and oxygen atoms in total. The number of anilines is 2. The van der Waals surface area contributed by atoms with Crippen molar-refractivity contribution in [1.82, 2.24) is 14.8 Å². The molecule has 1 aromatic carbocycles. The van der Waals surface area contributed by atoms with Gasteiger partial charge in [-0.05, 0) is 42.3 Å². The molecule has 2 heterocycles. The van der Waals surface area contributed by atoms with Crippen LogP contribution in [-0.2, 0) is 16.1 Å². The standard InChI is InChI=1S/C20H23N5O3S/c1-13(2)11-25-19(17-5-4-10-28-17)23-24-20(25)29-12-18(27)22-16-8-6-15(7-9-16)21-14(3)26/h4-10,13H,11-12H2,1-3H3,(H,21,26)(H,22,27). The van der Waals surface area contributed by atoms with Gasteiger partial charge in [-0.2, -0.15) is 0 Å². The van der Waals surface area contributed by atoms with E-state index in [9.17, 15) is 9.59 Å². The molecule has 0 spiro atoms. The molecule has 29 heavy (non-hydrogen) atoms. The summed E-state index contributed by atoms with van der Waals surface area (Å²) in [5.74, 6) is 1.59. The fourth-order valence-corrected chi connectivity index (χ4v) is 3.43. The van der Waals surface area contributed by atoms with Crippen molar-refractivity contribution < 1.29 is 14.0 Å². The summed E-state index contributed by atoms with van der Waals surface area (Å²) in [6, 6.07) is 10.6. The zero-order valence-corrected chi connectivity index (χ0v) is 17.3. The first-order valence-corrected chi connectivity index (χ1v) is 10.2. The van der Waals surface area contributed by atoms with Crippen molar-refractivity contribution in [2.24, 2.45) is 5.92 Å². The van der Waals surface area contributed by atoms with Crippen LogP contribution in [0.25, 0.3) is 11.6 Å². The Kier molecular flexibility index (Phi) is 6.71. The molecule has 3 aromatic rings. The molecule has 0 saturated carbocycles. The first-order chi connectivity index (χ1) is 13.9. The fraction of sp³-hybridized carbons (Fsp3) is 0.300. The summed E-state index contributed by atoms with van der Waals surface area (Å²) < 4.78 is 7.43. The topological polar surface area (TPSA) is 102 Å². The summed E-state index contributed by atoms with van der Waals surface area (Å²) in [5, 5.41) is 14.7. The van der Waals surface area contributed by atoms with Gasteiger partial charge in [0.05, 0.1) is 12.0 Å². The molecule has 2 N–H and O–H groups in total. The second kappa shape index (κ2) is 9.42. The summed E-state index contributed by atoms with van der Waals surface area (Å²) in [6.45, 7) is 6.38. The van der Waals surface area contributed by atoms with E-state index in [-0.39, 0.29) is 17.6 Å². The van der Waals surface area contributed by atoms with E-state index in [4.69, 9.17) is 4.42 Å². The van der Waals surface area contributed by atoms with E-state index in [1.54, 1.807) is 36.6 Å². The van der Waals surface area contributed by atoms with E-state index < -0.39 is 0 Å². The molecule has 0 fully saturated rings.